The normalized spacial score (nSPS) is 10.3. The van der Waals surface area contributed by atoms with Crippen LogP contribution in [0.1, 0.15) is 6.92 Å². The van der Waals surface area contributed by atoms with Gasteiger partial charge in [-0.3, -0.25) is 14.5 Å². The van der Waals surface area contributed by atoms with E-state index in [2.05, 4.69) is 26.0 Å². The molecule has 0 saturated heterocycles. The molecule has 94 valence electrons. The molecule has 2 rings (SSSR count). The molecule has 0 spiro atoms. The minimum atomic E-state index is -0.302. The van der Waals surface area contributed by atoms with E-state index in [9.17, 15) is 4.79 Å². The maximum Gasteiger partial charge on any atom is 0.327 e. The molecule has 0 saturated carbocycles. The Morgan fingerprint density at radius 2 is 2.17 bits per heavy atom. The Hall–Kier alpha value is -1.69. The van der Waals surface area contributed by atoms with E-state index in [1.165, 1.54) is 0 Å². The predicted octanol–water partition coefficient (Wildman–Crippen LogP) is 2.27. The molecular weight excluding hydrogens is 298 g/mol. The highest BCUT2D eigenvalue weighted by molar-refractivity contribution is 9.10. The van der Waals surface area contributed by atoms with Crippen molar-refractivity contribution in [3.63, 3.8) is 0 Å². The standard InChI is InChI=1S/C12H12BrN3O2/c1-2-18-11(17)8-16-12(10(13)7-15-16)9-3-5-14-6-4-9/h3-7H,2,8H2,1H3. The number of halogens is 1. The summed E-state index contributed by atoms with van der Waals surface area (Å²) in [6.07, 6.45) is 5.06. The van der Waals surface area contributed by atoms with Crippen LogP contribution in [-0.4, -0.2) is 27.3 Å². The maximum atomic E-state index is 11.5. The van der Waals surface area contributed by atoms with E-state index in [0.717, 1.165) is 15.7 Å². The van der Waals surface area contributed by atoms with E-state index in [-0.39, 0.29) is 12.5 Å². The quantitative estimate of drug-likeness (QED) is 0.813. The van der Waals surface area contributed by atoms with Gasteiger partial charge < -0.3 is 4.74 Å². The van der Waals surface area contributed by atoms with Crippen LogP contribution in [0.15, 0.2) is 35.2 Å². The highest BCUT2D eigenvalue weighted by atomic mass is 79.9. The Morgan fingerprint density at radius 1 is 1.44 bits per heavy atom. The number of ether oxygens (including phenoxy) is 1. The Labute approximate surface area is 113 Å². The average Bonchev–Trinajstić information content (AvgIpc) is 2.72. The number of hydrogen-bond acceptors (Lipinski definition) is 4. The third kappa shape index (κ3) is 2.76. The van der Waals surface area contributed by atoms with Crippen LogP contribution in [0, 0.1) is 0 Å². The lowest BCUT2D eigenvalue weighted by Gasteiger charge is -2.07. The van der Waals surface area contributed by atoms with Crippen LogP contribution in [0.3, 0.4) is 0 Å². The zero-order valence-corrected chi connectivity index (χ0v) is 11.4. The Kier molecular flexibility index (Phi) is 4.09. The molecule has 0 aliphatic heterocycles. The molecule has 2 heterocycles. The minimum Gasteiger partial charge on any atom is -0.465 e. The van der Waals surface area contributed by atoms with Gasteiger partial charge in [-0.15, -0.1) is 0 Å². The summed E-state index contributed by atoms with van der Waals surface area (Å²) in [4.78, 5) is 15.5. The molecular formula is C12H12BrN3O2. The SMILES string of the molecule is CCOC(=O)Cn1ncc(Br)c1-c1ccncc1. The van der Waals surface area contributed by atoms with Crippen molar-refractivity contribution in [1.82, 2.24) is 14.8 Å². The molecule has 0 aromatic carbocycles. The lowest BCUT2D eigenvalue weighted by molar-refractivity contribution is -0.144. The minimum absolute atomic E-state index is 0.0943. The monoisotopic (exact) mass is 309 g/mol. The van der Waals surface area contributed by atoms with E-state index in [1.807, 2.05) is 12.1 Å². The third-order valence-electron chi connectivity index (χ3n) is 2.33. The fourth-order valence-corrected chi connectivity index (χ4v) is 2.13. The summed E-state index contributed by atoms with van der Waals surface area (Å²) in [5.41, 5.74) is 1.78. The predicted molar refractivity (Wildman–Crippen MR) is 69.8 cm³/mol. The van der Waals surface area contributed by atoms with Crippen LogP contribution in [0.5, 0.6) is 0 Å². The van der Waals surface area contributed by atoms with Gasteiger partial charge in [0, 0.05) is 18.0 Å². The molecule has 0 bridgehead atoms. The Bertz CT molecular complexity index is 540. The van der Waals surface area contributed by atoms with Crippen molar-refractivity contribution in [3.05, 3.63) is 35.2 Å². The van der Waals surface area contributed by atoms with Crippen molar-refractivity contribution in [2.45, 2.75) is 13.5 Å². The summed E-state index contributed by atoms with van der Waals surface area (Å²) in [6.45, 7) is 2.24. The van der Waals surface area contributed by atoms with Crippen LogP contribution >= 0.6 is 15.9 Å². The van der Waals surface area contributed by atoms with Gasteiger partial charge in [-0.2, -0.15) is 5.10 Å². The maximum absolute atomic E-state index is 11.5. The number of carbonyl (C=O) groups is 1. The van der Waals surface area contributed by atoms with Gasteiger partial charge in [-0.1, -0.05) is 0 Å². The Balaban J connectivity index is 2.31. The zero-order chi connectivity index (χ0) is 13.0. The van der Waals surface area contributed by atoms with Crippen LogP contribution in [0.2, 0.25) is 0 Å². The largest absolute Gasteiger partial charge is 0.465 e. The second-order valence-electron chi connectivity index (χ2n) is 3.54. The fraction of sp³-hybridized carbons (Fsp3) is 0.250. The number of aromatic nitrogens is 3. The second-order valence-corrected chi connectivity index (χ2v) is 4.39. The second kappa shape index (κ2) is 5.77. The van der Waals surface area contributed by atoms with E-state index >= 15 is 0 Å². The number of hydrogen-bond donors (Lipinski definition) is 0. The van der Waals surface area contributed by atoms with Crippen molar-refractivity contribution in [1.29, 1.82) is 0 Å². The molecule has 0 aliphatic rings. The van der Waals surface area contributed by atoms with Crippen molar-refractivity contribution in [2.75, 3.05) is 6.61 Å². The van der Waals surface area contributed by atoms with Crippen LogP contribution in [-0.2, 0) is 16.1 Å². The summed E-state index contributed by atoms with van der Waals surface area (Å²) < 4.78 is 7.36. The molecule has 0 amide bonds. The van der Waals surface area contributed by atoms with Gasteiger partial charge in [0.05, 0.1) is 23.0 Å². The van der Waals surface area contributed by atoms with Crippen LogP contribution in [0.25, 0.3) is 11.3 Å². The Morgan fingerprint density at radius 3 is 2.83 bits per heavy atom. The van der Waals surface area contributed by atoms with Crippen molar-refractivity contribution in [3.8, 4) is 11.3 Å². The van der Waals surface area contributed by atoms with Gasteiger partial charge in [0.15, 0.2) is 0 Å². The lowest BCUT2D eigenvalue weighted by atomic mass is 10.2. The average molecular weight is 310 g/mol. The molecule has 2 aromatic heterocycles. The number of rotatable bonds is 4. The van der Waals surface area contributed by atoms with Gasteiger partial charge in [-0.25, -0.2) is 0 Å². The van der Waals surface area contributed by atoms with Gasteiger partial charge in [-0.05, 0) is 35.0 Å². The molecule has 5 nitrogen and oxygen atoms in total. The molecule has 6 heteroatoms. The van der Waals surface area contributed by atoms with Crippen molar-refractivity contribution in [2.24, 2.45) is 0 Å². The fourth-order valence-electron chi connectivity index (χ4n) is 1.61. The molecule has 0 atom stereocenters. The van der Waals surface area contributed by atoms with Crippen molar-refractivity contribution < 1.29 is 9.53 Å². The highest BCUT2D eigenvalue weighted by Gasteiger charge is 2.14. The number of carbonyl (C=O) groups excluding carboxylic acids is 1. The van der Waals surface area contributed by atoms with E-state index in [4.69, 9.17) is 4.74 Å². The van der Waals surface area contributed by atoms with Gasteiger partial charge in [0.2, 0.25) is 0 Å². The zero-order valence-electron chi connectivity index (χ0n) is 9.84. The molecule has 0 unspecified atom stereocenters. The number of nitrogens with zero attached hydrogens (tertiary/aromatic N) is 3. The highest BCUT2D eigenvalue weighted by Crippen LogP contribution is 2.27. The third-order valence-corrected chi connectivity index (χ3v) is 2.91. The van der Waals surface area contributed by atoms with Gasteiger partial charge in [0.1, 0.15) is 6.54 Å². The summed E-state index contributed by atoms with van der Waals surface area (Å²) in [6, 6.07) is 3.73. The van der Waals surface area contributed by atoms with Gasteiger partial charge >= 0.3 is 5.97 Å². The van der Waals surface area contributed by atoms with Crippen LogP contribution in [0.4, 0.5) is 0 Å². The summed E-state index contributed by atoms with van der Waals surface area (Å²) in [7, 11) is 0. The lowest BCUT2D eigenvalue weighted by Crippen LogP contribution is -2.15. The smallest absolute Gasteiger partial charge is 0.327 e. The van der Waals surface area contributed by atoms with Crippen molar-refractivity contribution >= 4 is 21.9 Å². The number of esters is 1. The number of pyridine rings is 1. The van der Waals surface area contributed by atoms with E-state index < -0.39 is 0 Å². The van der Waals surface area contributed by atoms with E-state index in [0.29, 0.717) is 6.61 Å². The van der Waals surface area contributed by atoms with E-state index in [1.54, 1.807) is 30.2 Å². The molecule has 0 aliphatic carbocycles. The molecule has 2 aromatic rings. The van der Waals surface area contributed by atoms with Crippen LogP contribution < -0.4 is 0 Å². The first kappa shape index (κ1) is 12.8. The molecule has 0 fully saturated rings. The summed E-state index contributed by atoms with van der Waals surface area (Å²) in [5.74, 6) is -0.302. The molecule has 0 N–H and O–H groups in total. The first-order valence-corrected chi connectivity index (χ1v) is 6.29. The first-order valence-electron chi connectivity index (χ1n) is 5.49. The molecule has 0 radical (unpaired) electrons. The van der Waals surface area contributed by atoms with Gasteiger partial charge in [0.25, 0.3) is 0 Å². The first-order chi connectivity index (χ1) is 8.72. The topological polar surface area (TPSA) is 57.0 Å². The summed E-state index contributed by atoms with van der Waals surface area (Å²) >= 11 is 3.43. The molecule has 18 heavy (non-hydrogen) atoms. The summed E-state index contributed by atoms with van der Waals surface area (Å²) in [5, 5.41) is 4.16.